The minimum absolute atomic E-state index is 0.289. The third-order valence-corrected chi connectivity index (χ3v) is 7.48. The summed E-state index contributed by atoms with van der Waals surface area (Å²) in [5, 5.41) is 0. The molecule has 0 unspecified atom stereocenters. The van der Waals surface area contributed by atoms with Gasteiger partial charge in [-0.15, -0.1) is 23.7 Å². The van der Waals surface area contributed by atoms with Gasteiger partial charge in [-0.2, -0.15) is 0 Å². The van der Waals surface area contributed by atoms with E-state index in [1.807, 2.05) is 0 Å². The van der Waals surface area contributed by atoms with Crippen LogP contribution in [-0.2, 0) is 9.84 Å². The van der Waals surface area contributed by atoms with Crippen LogP contribution in [0.5, 0.6) is 5.75 Å². The molecule has 160 valence electrons. The molecule has 1 rings (SSSR count). The van der Waals surface area contributed by atoms with E-state index >= 15 is 0 Å². The minimum Gasteiger partial charge on any atom is -0.497 e. The fraction of sp³-hybridized carbons (Fsp3) is 0.600. The zero-order valence-corrected chi connectivity index (χ0v) is 19.3. The maximum Gasteiger partial charge on any atom is 0.185 e. The number of hydrogen-bond donors (Lipinski definition) is 0. The largest absolute Gasteiger partial charge is 0.497 e. The first kappa shape index (κ1) is 25.1. The molecule has 0 aliphatic heterocycles. The fourth-order valence-corrected chi connectivity index (χ4v) is 4.48. The van der Waals surface area contributed by atoms with Crippen molar-refractivity contribution in [1.29, 1.82) is 0 Å². The Morgan fingerprint density at radius 1 is 0.828 bits per heavy atom. The van der Waals surface area contributed by atoms with E-state index < -0.39 is 14.6 Å². The summed E-state index contributed by atoms with van der Waals surface area (Å²) in [7, 11) is -2.02. The summed E-state index contributed by atoms with van der Waals surface area (Å²) in [4.78, 5) is 0.293. The zero-order valence-electron chi connectivity index (χ0n) is 18.5. The van der Waals surface area contributed by atoms with Crippen molar-refractivity contribution >= 4 is 9.84 Å². The first-order valence-corrected chi connectivity index (χ1v) is 12.2. The van der Waals surface area contributed by atoms with E-state index in [4.69, 9.17) is 4.74 Å². The van der Waals surface area contributed by atoms with Gasteiger partial charge in [0, 0.05) is 25.7 Å². The highest BCUT2D eigenvalue weighted by Gasteiger charge is 2.39. The van der Waals surface area contributed by atoms with Gasteiger partial charge in [0.2, 0.25) is 0 Å². The van der Waals surface area contributed by atoms with E-state index in [2.05, 4.69) is 37.5 Å². The summed E-state index contributed by atoms with van der Waals surface area (Å²) in [5.74, 6) is 13.2. The summed E-state index contributed by atoms with van der Waals surface area (Å²) in [6.45, 7) is 6.09. The molecule has 0 spiro atoms. The predicted octanol–water partition coefficient (Wildman–Crippen LogP) is 6.18. The van der Waals surface area contributed by atoms with Crippen molar-refractivity contribution in [1.82, 2.24) is 0 Å². The molecule has 0 heterocycles. The molecule has 0 aromatic heterocycles. The van der Waals surface area contributed by atoms with Gasteiger partial charge >= 0.3 is 0 Å². The lowest BCUT2D eigenvalue weighted by Crippen LogP contribution is -2.35. The van der Waals surface area contributed by atoms with Crippen molar-refractivity contribution < 1.29 is 13.2 Å². The van der Waals surface area contributed by atoms with Gasteiger partial charge in [-0.1, -0.05) is 39.5 Å². The summed E-state index contributed by atoms with van der Waals surface area (Å²) in [5.41, 5.74) is 0. The molecule has 0 amide bonds. The Morgan fingerprint density at radius 2 is 1.31 bits per heavy atom. The molecule has 0 fully saturated rings. The Kier molecular flexibility index (Phi) is 11.6. The Balaban J connectivity index is 3.02. The van der Waals surface area contributed by atoms with Crippen LogP contribution in [0.1, 0.15) is 85.0 Å². The second-order valence-electron chi connectivity index (χ2n) is 7.60. The van der Waals surface area contributed by atoms with Crippen LogP contribution in [0.2, 0.25) is 0 Å². The lowest BCUT2D eigenvalue weighted by molar-refractivity contribution is 0.414. The molecular formula is C25H36O3S. The molecule has 0 N–H and O–H groups in total. The molecule has 4 heteroatoms. The normalized spacial score (nSPS) is 11.2. The molecule has 0 saturated carbocycles. The number of rotatable bonds is 11. The highest BCUT2D eigenvalue weighted by Crippen LogP contribution is 2.32. The van der Waals surface area contributed by atoms with Gasteiger partial charge in [-0.3, -0.25) is 0 Å². The predicted molar refractivity (Wildman–Crippen MR) is 122 cm³/mol. The van der Waals surface area contributed by atoms with Gasteiger partial charge in [-0.05, 0) is 44.0 Å². The number of benzene rings is 1. The quantitative estimate of drug-likeness (QED) is 0.320. The summed E-state index contributed by atoms with van der Waals surface area (Å²) in [6.07, 6.45) is 8.93. The van der Waals surface area contributed by atoms with Crippen LogP contribution in [0.25, 0.3) is 0 Å². The van der Waals surface area contributed by atoms with Gasteiger partial charge in [0.1, 0.15) is 5.75 Å². The van der Waals surface area contributed by atoms with Crippen molar-refractivity contribution in [2.75, 3.05) is 7.11 Å². The van der Waals surface area contributed by atoms with Crippen molar-refractivity contribution in [3.8, 4) is 29.4 Å². The molecule has 0 aliphatic rings. The SMILES string of the molecule is CCCCCC#CCC(C)(CC#CCCCCC)S(=O)(=O)c1ccc(OC)cc1. The van der Waals surface area contributed by atoms with Crippen molar-refractivity contribution in [2.45, 2.75) is 94.6 Å². The maximum absolute atomic E-state index is 13.4. The van der Waals surface area contributed by atoms with E-state index in [9.17, 15) is 8.42 Å². The monoisotopic (exact) mass is 416 g/mol. The Bertz CT molecular complexity index is 785. The zero-order chi connectivity index (χ0) is 21.6. The minimum atomic E-state index is -3.58. The van der Waals surface area contributed by atoms with Crippen LogP contribution in [-0.4, -0.2) is 20.3 Å². The van der Waals surface area contributed by atoms with E-state index in [-0.39, 0.29) is 12.8 Å². The first-order valence-electron chi connectivity index (χ1n) is 10.7. The lowest BCUT2D eigenvalue weighted by Gasteiger charge is -2.25. The van der Waals surface area contributed by atoms with E-state index in [1.165, 1.54) is 0 Å². The maximum atomic E-state index is 13.4. The smallest absolute Gasteiger partial charge is 0.185 e. The molecule has 0 atom stereocenters. The van der Waals surface area contributed by atoms with E-state index in [1.54, 1.807) is 38.3 Å². The number of methoxy groups -OCH3 is 1. The molecule has 0 bridgehead atoms. The van der Waals surface area contributed by atoms with Crippen LogP contribution in [0.3, 0.4) is 0 Å². The van der Waals surface area contributed by atoms with Gasteiger partial charge < -0.3 is 4.74 Å². The van der Waals surface area contributed by atoms with Gasteiger partial charge in [0.05, 0.1) is 16.8 Å². The van der Waals surface area contributed by atoms with Gasteiger partial charge in [0.15, 0.2) is 9.84 Å². The molecule has 0 saturated heterocycles. The van der Waals surface area contributed by atoms with E-state index in [0.29, 0.717) is 10.6 Å². The number of ether oxygens (including phenoxy) is 1. The number of sulfone groups is 1. The second kappa shape index (κ2) is 13.3. The lowest BCUT2D eigenvalue weighted by atomic mass is 10.0. The van der Waals surface area contributed by atoms with Crippen LogP contribution >= 0.6 is 0 Å². The molecule has 0 radical (unpaired) electrons. The molecule has 1 aromatic carbocycles. The molecule has 3 nitrogen and oxygen atoms in total. The summed E-state index contributed by atoms with van der Waals surface area (Å²) >= 11 is 0. The Hall–Kier alpha value is -1.91. The highest BCUT2D eigenvalue weighted by molar-refractivity contribution is 7.92. The van der Waals surface area contributed by atoms with E-state index in [0.717, 1.165) is 51.4 Å². The Morgan fingerprint density at radius 3 is 1.72 bits per heavy atom. The Labute approximate surface area is 178 Å². The third kappa shape index (κ3) is 8.15. The van der Waals surface area contributed by atoms with Crippen molar-refractivity contribution in [3.05, 3.63) is 24.3 Å². The standard InChI is InChI=1S/C25H36O3S/c1-5-7-9-11-13-15-21-25(3,22-16-14-12-10-8-6-2)29(26,27)24-19-17-23(28-4)18-20-24/h17-20H,5-12,21-22H2,1-4H3. The molecule has 0 aliphatic carbocycles. The summed E-state index contributed by atoms with van der Waals surface area (Å²) < 4.78 is 30.9. The van der Waals surface area contributed by atoms with Crippen LogP contribution in [0, 0.1) is 23.7 Å². The summed E-state index contributed by atoms with van der Waals surface area (Å²) in [6, 6.07) is 6.58. The number of hydrogen-bond acceptors (Lipinski definition) is 3. The second-order valence-corrected chi connectivity index (χ2v) is 10.1. The topological polar surface area (TPSA) is 43.4 Å². The average molecular weight is 417 g/mol. The molecule has 1 aromatic rings. The molecule has 29 heavy (non-hydrogen) atoms. The van der Waals surface area contributed by atoms with Crippen LogP contribution in [0.15, 0.2) is 29.2 Å². The first-order chi connectivity index (χ1) is 13.9. The van der Waals surface area contributed by atoms with Crippen molar-refractivity contribution in [2.24, 2.45) is 0 Å². The highest BCUT2D eigenvalue weighted by atomic mass is 32.2. The van der Waals surface area contributed by atoms with Crippen LogP contribution in [0.4, 0.5) is 0 Å². The molecular weight excluding hydrogens is 380 g/mol. The number of unbranched alkanes of at least 4 members (excludes halogenated alkanes) is 6. The van der Waals surface area contributed by atoms with Crippen LogP contribution < -0.4 is 4.74 Å². The fourth-order valence-electron chi connectivity index (χ4n) is 2.89. The van der Waals surface area contributed by atoms with Gasteiger partial charge in [0.25, 0.3) is 0 Å². The van der Waals surface area contributed by atoms with Crippen molar-refractivity contribution in [3.63, 3.8) is 0 Å². The third-order valence-electron chi connectivity index (χ3n) is 5.00. The average Bonchev–Trinajstić information content (AvgIpc) is 2.73. The van der Waals surface area contributed by atoms with Gasteiger partial charge in [-0.25, -0.2) is 8.42 Å².